The van der Waals surface area contributed by atoms with Crippen LogP contribution in [0, 0.1) is 0 Å². The van der Waals surface area contributed by atoms with Crippen molar-refractivity contribution in [2.75, 3.05) is 23.8 Å². The first-order valence-corrected chi connectivity index (χ1v) is 4.76. The Morgan fingerprint density at radius 2 is 2.40 bits per heavy atom. The van der Waals surface area contributed by atoms with Gasteiger partial charge in [-0.2, -0.15) is 0 Å². The van der Waals surface area contributed by atoms with Crippen molar-refractivity contribution in [2.24, 2.45) is 5.73 Å². The molecule has 1 atom stereocenters. The number of halogens is 1. The number of hydrogen-bond donors (Lipinski definition) is 2. The number of carbonyl (C=O) groups excluding carboxylic acids is 1. The number of amides is 1. The van der Waals surface area contributed by atoms with Gasteiger partial charge in [-0.15, -0.1) is 0 Å². The number of anilines is 2. The minimum atomic E-state index is -0.597. The van der Waals surface area contributed by atoms with Crippen molar-refractivity contribution in [2.45, 2.75) is 6.04 Å². The van der Waals surface area contributed by atoms with Gasteiger partial charge in [0.1, 0.15) is 18.1 Å². The van der Waals surface area contributed by atoms with Gasteiger partial charge >= 0.3 is 0 Å². The molecule has 0 saturated carbocycles. The largest absolute Gasteiger partial charge is 0.366 e. The number of nitrogens with zero attached hydrogens (tertiary/aromatic N) is 3. The second kappa shape index (κ2) is 3.63. The molecular weight excluding hydrogens is 218 g/mol. The summed E-state index contributed by atoms with van der Waals surface area (Å²) in [6.07, 6.45) is 1.34. The monoisotopic (exact) mass is 227 g/mol. The Balaban J connectivity index is 2.53. The summed E-state index contributed by atoms with van der Waals surface area (Å²) in [5.41, 5.74) is 6.12. The summed E-state index contributed by atoms with van der Waals surface area (Å²) in [5, 5.41) is 3.19. The van der Waals surface area contributed by atoms with Crippen molar-refractivity contribution >= 4 is 29.0 Å². The van der Waals surface area contributed by atoms with Crippen molar-refractivity contribution < 1.29 is 4.79 Å². The van der Waals surface area contributed by atoms with Crippen molar-refractivity contribution in [1.82, 2.24) is 9.97 Å². The van der Waals surface area contributed by atoms with Crippen LogP contribution in [0.1, 0.15) is 0 Å². The highest BCUT2D eigenvalue weighted by Crippen LogP contribution is 2.31. The first-order valence-electron chi connectivity index (χ1n) is 4.38. The van der Waals surface area contributed by atoms with Crippen LogP contribution in [0.25, 0.3) is 0 Å². The number of fused-ring (bicyclic) bond motifs is 1. The lowest BCUT2D eigenvalue weighted by Crippen LogP contribution is -2.43. The first kappa shape index (κ1) is 10.1. The molecule has 15 heavy (non-hydrogen) atoms. The van der Waals surface area contributed by atoms with Crippen LogP contribution in [0.3, 0.4) is 0 Å². The third-order valence-electron chi connectivity index (χ3n) is 2.25. The third-order valence-corrected chi connectivity index (χ3v) is 2.53. The van der Waals surface area contributed by atoms with Crippen molar-refractivity contribution in [3.8, 4) is 0 Å². The maximum atomic E-state index is 11.7. The first-order chi connectivity index (χ1) is 7.11. The third kappa shape index (κ3) is 1.62. The fourth-order valence-electron chi connectivity index (χ4n) is 1.44. The van der Waals surface area contributed by atoms with E-state index in [9.17, 15) is 4.79 Å². The number of aromatic nitrogens is 2. The summed E-state index contributed by atoms with van der Waals surface area (Å²) in [7, 11) is 1.60. The van der Waals surface area contributed by atoms with Crippen LogP contribution < -0.4 is 16.0 Å². The molecule has 1 aliphatic heterocycles. The molecule has 7 heteroatoms. The minimum Gasteiger partial charge on any atom is -0.366 e. The molecule has 0 saturated heterocycles. The lowest BCUT2D eigenvalue weighted by Gasteiger charge is -2.18. The molecule has 80 valence electrons. The maximum absolute atomic E-state index is 11.7. The molecule has 2 rings (SSSR count). The second-order valence-electron chi connectivity index (χ2n) is 3.25. The predicted molar refractivity (Wildman–Crippen MR) is 56.9 cm³/mol. The number of rotatable bonds is 0. The molecular formula is C8H10ClN5O. The smallest absolute Gasteiger partial charge is 0.245 e. The van der Waals surface area contributed by atoms with E-state index in [0.717, 1.165) is 0 Å². The number of nitrogens with one attached hydrogen (secondary N) is 1. The SMILES string of the molecule is CN1C(=O)C(N)CNc2ncnc(Cl)c21. The van der Waals surface area contributed by atoms with E-state index < -0.39 is 6.04 Å². The topological polar surface area (TPSA) is 84.1 Å². The number of likely N-dealkylation sites (N-methyl/N-ethyl adjacent to an activating group) is 1. The molecule has 3 N–H and O–H groups in total. The molecule has 1 aliphatic rings. The maximum Gasteiger partial charge on any atom is 0.245 e. The quantitative estimate of drug-likeness (QED) is 0.602. The van der Waals surface area contributed by atoms with Gasteiger partial charge in [0.2, 0.25) is 5.91 Å². The van der Waals surface area contributed by atoms with Crippen molar-refractivity contribution in [1.29, 1.82) is 0 Å². The van der Waals surface area contributed by atoms with Crippen LogP contribution in [0.5, 0.6) is 0 Å². The van der Waals surface area contributed by atoms with Crippen LogP contribution in [0.4, 0.5) is 11.5 Å². The highest BCUT2D eigenvalue weighted by molar-refractivity contribution is 6.33. The van der Waals surface area contributed by atoms with Gasteiger partial charge in [-0.05, 0) is 0 Å². The van der Waals surface area contributed by atoms with Gasteiger partial charge in [-0.3, -0.25) is 4.79 Å². The minimum absolute atomic E-state index is 0.210. The summed E-state index contributed by atoms with van der Waals surface area (Å²) >= 11 is 5.90. The zero-order valence-electron chi connectivity index (χ0n) is 8.07. The van der Waals surface area contributed by atoms with Gasteiger partial charge in [-0.1, -0.05) is 11.6 Å². The molecule has 2 heterocycles. The Morgan fingerprint density at radius 3 is 3.13 bits per heavy atom. The van der Waals surface area contributed by atoms with Crippen LogP contribution in [-0.4, -0.2) is 35.5 Å². The molecule has 1 aromatic rings. The van der Waals surface area contributed by atoms with Gasteiger partial charge in [0.05, 0.1) is 0 Å². The summed E-state index contributed by atoms with van der Waals surface area (Å²) in [5.74, 6) is 0.316. The van der Waals surface area contributed by atoms with Crippen LogP contribution in [0.2, 0.25) is 5.15 Å². The predicted octanol–water partition coefficient (Wildman–Crippen LogP) is -0.154. The highest BCUT2D eigenvalue weighted by Gasteiger charge is 2.27. The van der Waals surface area contributed by atoms with Crippen molar-refractivity contribution in [3.63, 3.8) is 0 Å². The van der Waals surface area contributed by atoms with E-state index in [2.05, 4.69) is 15.3 Å². The molecule has 6 nitrogen and oxygen atoms in total. The average molecular weight is 228 g/mol. The van der Waals surface area contributed by atoms with E-state index in [0.29, 0.717) is 18.1 Å². The molecule has 0 bridgehead atoms. The molecule has 1 unspecified atom stereocenters. The zero-order chi connectivity index (χ0) is 11.0. The van der Waals surface area contributed by atoms with Gasteiger partial charge < -0.3 is 16.0 Å². The number of carbonyl (C=O) groups is 1. The van der Waals surface area contributed by atoms with Crippen LogP contribution in [-0.2, 0) is 4.79 Å². The highest BCUT2D eigenvalue weighted by atomic mass is 35.5. The van der Waals surface area contributed by atoms with E-state index in [-0.39, 0.29) is 11.1 Å². The number of hydrogen-bond acceptors (Lipinski definition) is 5. The Hall–Kier alpha value is -1.40. The van der Waals surface area contributed by atoms with Gasteiger partial charge in [0.25, 0.3) is 0 Å². The van der Waals surface area contributed by atoms with Crippen molar-refractivity contribution in [3.05, 3.63) is 11.5 Å². The van der Waals surface area contributed by atoms with Gasteiger partial charge in [0, 0.05) is 13.6 Å². The molecule has 0 aliphatic carbocycles. The summed E-state index contributed by atoms with van der Waals surface area (Å²) in [4.78, 5) is 20.9. The van der Waals surface area contributed by atoms with Gasteiger partial charge in [-0.25, -0.2) is 9.97 Å². The zero-order valence-corrected chi connectivity index (χ0v) is 8.82. The fraction of sp³-hybridized carbons (Fsp3) is 0.375. The molecule has 0 spiro atoms. The van der Waals surface area contributed by atoms with E-state index in [1.54, 1.807) is 7.05 Å². The molecule has 0 radical (unpaired) electrons. The van der Waals surface area contributed by atoms with E-state index in [1.165, 1.54) is 11.2 Å². The lowest BCUT2D eigenvalue weighted by atomic mass is 10.3. The Bertz CT molecular complexity index is 410. The van der Waals surface area contributed by atoms with Crippen LogP contribution >= 0.6 is 11.6 Å². The number of nitrogens with two attached hydrogens (primary N) is 1. The fourth-order valence-corrected chi connectivity index (χ4v) is 1.70. The summed E-state index contributed by atoms with van der Waals surface area (Å²) < 4.78 is 0. The Morgan fingerprint density at radius 1 is 1.67 bits per heavy atom. The average Bonchev–Trinajstić information content (AvgIpc) is 2.32. The normalized spacial score (nSPS) is 20.6. The van der Waals surface area contributed by atoms with E-state index in [1.807, 2.05) is 0 Å². The Kier molecular flexibility index (Phi) is 2.45. The van der Waals surface area contributed by atoms with Gasteiger partial charge in [0.15, 0.2) is 11.0 Å². The lowest BCUT2D eigenvalue weighted by molar-refractivity contribution is -0.119. The molecule has 0 fully saturated rings. The van der Waals surface area contributed by atoms with E-state index >= 15 is 0 Å². The van der Waals surface area contributed by atoms with Crippen LogP contribution in [0.15, 0.2) is 6.33 Å². The summed E-state index contributed by atoms with van der Waals surface area (Å²) in [6, 6.07) is -0.597. The molecule has 1 aromatic heterocycles. The Labute approximate surface area is 91.4 Å². The molecule has 1 amide bonds. The second-order valence-corrected chi connectivity index (χ2v) is 3.60. The van der Waals surface area contributed by atoms with E-state index in [4.69, 9.17) is 17.3 Å². The summed E-state index contributed by atoms with van der Waals surface area (Å²) in [6.45, 7) is 0.337. The molecule has 0 aromatic carbocycles. The standard InChI is InChI=1S/C8H10ClN5O/c1-14-5-6(9)12-3-13-7(5)11-2-4(10)8(14)15/h3-4H,2,10H2,1H3,(H,11,12,13).